The molecule has 5 heteroatoms. The van der Waals surface area contributed by atoms with E-state index in [9.17, 15) is 9.90 Å². The van der Waals surface area contributed by atoms with Crippen molar-refractivity contribution in [3.8, 4) is 11.1 Å². The summed E-state index contributed by atoms with van der Waals surface area (Å²) in [6.45, 7) is 3.20. The van der Waals surface area contributed by atoms with Crippen LogP contribution >= 0.6 is 0 Å². The predicted molar refractivity (Wildman–Crippen MR) is 107 cm³/mol. The molecule has 0 spiro atoms. The Labute approximate surface area is 164 Å². The number of rotatable bonds is 5. The molecule has 1 saturated heterocycles. The zero-order valence-electron chi connectivity index (χ0n) is 15.5. The molecule has 1 atom stereocenters. The molecule has 0 unspecified atom stereocenters. The third-order valence-corrected chi connectivity index (χ3v) is 5.00. The van der Waals surface area contributed by atoms with E-state index in [4.69, 9.17) is 4.74 Å². The van der Waals surface area contributed by atoms with Crippen LogP contribution in [0.5, 0.6) is 0 Å². The van der Waals surface area contributed by atoms with Crippen LogP contribution in [0.4, 0.5) is 0 Å². The van der Waals surface area contributed by atoms with Crippen LogP contribution in [0.15, 0.2) is 72.9 Å². The van der Waals surface area contributed by atoms with E-state index >= 15 is 0 Å². The molecule has 1 N–H and O–H groups in total. The minimum Gasteiger partial charge on any atom is -0.478 e. The Kier molecular flexibility index (Phi) is 5.46. The van der Waals surface area contributed by atoms with E-state index < -0.39 is 5.97 Å². The van der Waals surface area contributed by atoms with Crippen molar-refractivity contribution in [2.24, 2.45) is 0 Å². The molecule has 3 aromatic rings. The van der Waals surface area contributed by atoms with Gasteiger partial charge in [0.25, 0.3) is 0 Å². The van der Waals surface area contributed by atoms with E-state index in [1.165, 1.54) is 5.56 Å². The number of carboxylic acids is 1. The minimum absolute atomic E-state index is 0.00309. The Bertz CT molecular complexity index is 942. The summed E-state index contributed by atoms with van der Waals surface area (Å²) in [4.78, 5) is 18.2. The number of aromatic carboxylic acids is 1. The predicted octanol–water partition coefficient (Wildman–Crippen LogP) is 4.02. The van der Waals surface area contributed by atoms with Crippen LogP contribution < -0.4 is 0 Å². The van der Waals surface area contributed by atoms with Gasteiger partial charge in [-0.3, -0.25) is 9.88 Å². The first-order valence-corrected chi connectivity index (χ1v) is 9.37. The molecule has 142 valence electrons. The lowest BCUT2D eigenvalue weighted by molar-refractivity contribution is -0.0349. The van der Waals surface area contributed by atoms with Crippen LogP contribution in [-0.4, -0.2) is 40.7 Å². The number of aromatic nitrogens is 1. The topological polar surface area (TPSA) is 62.7 Å². The minimum atomic E-state index is -0.909. The maximum Gasteiger partial charge on any atom is 0.336 e. The number of benzene rings is 2. The molecule has 1 fully saturated rings. The monoisotopic (exact) mass is 374 g/mol. The second kappa shape index (κ2) is 8.33. The summed E-state index contributed by atoms with van der Waals surface area (Å²) in [5, 5.41) is 9.39. The van der Waals surface area contributed by atoms with E-state index in [1.54, 1.807) is 18.3 Å². The third kappa shape index (κ3) is 4.11. The number of hydrogen-bond donors (Lipinski definition) is 1. The molecular formula is C23H22N2O3. The standard InChI is InChI=1S/C23H22N2O3/c26-23(27)20-6-2-1-5-19(20)18-10-8-17(9-11-18)15-25-13-14-28-22(16-25)21-7-3-4-12-24-21/h1-12,22H,13-16H2,(H,26,27)/t22-/m0/s1. The van der Waals surface area contributed by atoms with Gasteiger partial charge >= 0.3 is 5.97 Å². The van der Waals surface area contributed by atoms with E-state index in [2.05, 4.69) is 22.0 Å². The highest BCUT2D eigenvalue weighted by atomic mass is 16.5. The summed E-state index contributed by atoms with van der Waals surface area (Å²) in [6.07, 6.45) is 1.79. The second-order valence-corrected chi connectivity index (χ2v) is 6.90. The average molecular weight is 374 g/mol. The number of ether oxygens (including phenoxy) is 1. The largest absolute Gasteiger partial charge is 0.478 e. The molecule has 0 radical (unpaired) electrons. The number of nitrogens with zero attached hydrogens (tertiary/aromatic N) is 2. The van der Waals surface area contributed by atoms with Crippen LogP contribution in [-0.2, 0) is 11.3 Å². The van der Waals surface area contributed by atoms with Gasteiger partial charge in [0.05, 0.1) is 17.9 Å². The number of carbonyl (C=O) groups is 1. The van der Waals surface area contributed by atoms with Crippen LogP contribution in [0.3, 0.4) is 0 Å². The Hall–Kier alpha value is -3.02. The zero-order chi connectivity index (χ0) is 19.3. The molecule has 2 heterocycles. The van der Waals surface area contributed by atoms with Crippen molar-refractivity contribution in [1.29, 1.82) is 0 Å². The van der Waals surface area contributed by atoms with Crippen molar-refractivity contribution in [2.45, 2.75) is 12.6 Å². The molecule has 28 heavy (non-hydrogen) atoms. The van der Waals surface area contributed by atoms with Crippen molar-refractivity contribution in [1.82, 2.24) is 9.88 Å². The quantitative estimate of drug-likeness (QED) is 0.731. The molecule has 0 saturated carbocycles. The van der Waals surface area contributed by atoms with Crippen molar-refractivity contribution in [3.63, 3.8) is 0 Å². The van der Waals surface area contributed by atoms with Gasteiger partial charge in [0.15, 0.2) is 0 Å². The maximum absolute atomic E-state index is 11.4. The van der Waals surface area contributed by atoms with Gasteiger partial charge in [-0.05, 0) is 34.9 Å². The molecule has 0 bridgehead atoms. The lowest BCUT2D eigenvalue weighted by atomic mass is 9.98. The molecule has 0 amide bonds. The molecule has 2 aromatic carbocycles. The second-order valence-electron chi connectivity index (χ2n) is 6.90. The van der Waals surface area contributed by atoms with Gasteiger partial charge in [0, 0.05) is 25.8 Å². The Morgan fingerprint density at radius 2 is 1.86 bits per heavy atom. The molecular weight excluding hydrogens is 352 g/mol. The van der Waals surface area contributed by atoms with E-state index in [1.807, 2.05) is 42.5 Å². The number of morpholine rings is 1. The number of pyridine rings is 1. The first-order valence-electron chi connectivity index (χ1n) is 9.37. The SMILES string of the molecule is O=C(O)c1ccccc1-c1ccc(CN2CCO[C@H](c3ccccn3)C2)cc1. The van der Waals surface area contributed by atoms with Gasteiger partial charge in [-0.25, -0.2) is 4.79 Å². The molecule has 0 aliphatic carbocycles. The summed E-state index contributed by atoms with van der Waals surface area (Å²) in [5.74, 6) is -0.909. The Morgan fingerprint density at radius 1 is 1.07 bits per heavy atom. The average Bonchev–Trinajstić information content (AvgIpc) is 2.75. The number of carboxylic acid groups (broad SMARTS) is 1. The third-order valence-electron chi connectivity index (χ3n) is 5.00. The number of hydrogen-bond acceptors (Lipinski definition) is 4. The van der Waals surface area contributed by atoms with Crippen LogP contribution in [0, 0.1) is 0 Å². The first kappa shape index (κ1) is 18.3. The normalized spacial score (nSPS) is 17.4. The molecule has 1 aromatic heterocycles. The lowest BCUT2D eigenvalue weighted by Crippen LogP contribution is -2.38. The van der Waals surface area contributed by atoms with Gasteiger partial charge in [-0.1, -0.05) is 48.5 Å². The van der Waals surface area contributed by atoms with Gasteiger partial charge < -0.3 is 9.84 Å². The smallest absolute Gasteiger partial charge is 0.336 e. The van der Waals surface area contributed by atoms with Gasteiger partial charge in [-0.2, -0.15) is 0 Å². The summed E-state index contributed by atoms with van der Waals surface area (Å²) < 4.78 is 5.88. The summed E-state index contributed by atoms with van der Waals surface area (Å²) in [5.41, 5.74) is 4.13. The van der Waals surface area contributed by atoms with Crippen molar-refractivity contribution in [2.75, 3.05) is 19.7 Å². The Morgan fingerprint density at radius 3 is 2.61 bits per heavy atom. The van der Waals surface area contributed by atoms with E-state index in [0.717, 1.165) is 36.5 Å². The molecule has 1 aliphatic rings. The first-order chi connectivity index (χ1) is 13.7. The fourth-order valence-corrected chi connectivity index (χ4v) is 3.56. The van der Waals surface area contributed by atoms with E-state index in [-0.39, 0.29) is 6.10 Å². The highest BCUT2D eigenvalue weighted by Crippen LogP contribution is 2.25. The van der Waals surface area contributed by atoms with Gasteiger partial charge in [0.1, 0.15) is 6.10 Å². The van der Waals surface area contributed by atoms with Gasteiger partial charge in [-0.15, -0.1) is 0 Å². The molecule has 4 rings (SSSR count). The van der Waals surface area contributed by atoms with Crippen molar-refractivity contribution in [3.05, 3.63) is 89.7 Å². The molecule has 5 nitrogen and oxygen atoms in total. The van der Waals surface area contributed by atoms with Crippen LogP contribution in [0.25, 0.3) is 11.1 Å². The Balaban J connectivity index is 1.46. The lowest BCUT2D eigenvalue weighted by Gasteiger charge is -2.32. The molecule has 1 aliphatic heterocycles. The van der Waals surface area contributed by atoms with E-state index in [0.29, 0.717) is 12.2 Å². The highest BCUT2D eigenvalue weighted by molar-refractivity contribution is 5.95. The summed E-state index contributed by atoms with van der Waals surface area (Å²) in [6, 6.07) is 21.1. The van der Waals surface area contributed by atoms with Crippen molar-refractivity contribution < 1.29 is 14.6 Å². The van der Waals surface area contributed by atoms with Gasteiger partial charge in [0.2, 0.25) is 0 Å². The van der Waals surface area contributed by atoms with Crippen LogP contribution in [0.2, 0.25) is 0 Å². The van der Waals surface area contributed by atoms with Crippen LogP contribution in [0.1, 0.15) is 27.7 Å². The fraction of sp³-hybridized carbons (Fsp3) is 0.217. The summed E-state index contributed by atoms with van der Waals surface area (Å²) >= 11 is 0. The zero-order valence-corrected chi connectivity index (χ0v) is 15.5. The van der Waals surface area contributed by atoms with Crippen molar-refractivity contribution >= 4 is 5.97 Å². The fourth-order valence-electron chi connectivity index (χ4n) is 3.56. The summed E-state index contributed by atoms with van der Waals surface area (Å²) in [7, 11) is 0. The maximum atomic E-state index is 11.4. The highest BCUT2D eigenvalue weighted by Gasteiger charge is 2.22.